The predicted octanol–water partition coefficient (Wildman–Crippen LogP) is 4.80. The molecule has 1 fully saturated rings. The molecule has 0 atom stereocenters. The molecule has 0 aliphatic carbocycles. The molecule has 0 spiro atoms. The van der Waals surface area contributed by atoms with Crippen molar-refractivity contribution in [1.82, 2.24) is 14.3 Å². The second-order valence-electron chi connectivity index (χ2n) is 8.94. The lowest BCUT2D eigenvalue weighted by atomic mass is 10.0. The summed E-state index contributed by atoms with van der Waals surface area (Å²) in [6.45, 7) is 5.47. The van der Waals surface area contributed by atoms with Crippen LogP contribution in [0.4, 0.5) is 5.69 Å². The molecule has 3 aromatic rings. The number of piperidine rings is 1. The summed E-state index contributed by atoms with van der Waals surface area (Å²) < 4.78 is 29.8. The highest BCUT2D eigenvalue weighted by Crippen LogP contribution is 2.26. The normalized spacial score (nSPS) is 15.3. The number of nitrogens with one attached hydrogen (secondary N) is 2. The zero-order chi connectivity index (χ0) is 24.3. The van der Waals surface area contributed by atoms with Gasteiger partial charge in [0.25, 0.3) is 0 Å². The molecule has 1 aliphatic rings. The van der Waals surface area contributed by atoms with Gasteiger partial charge in [0.15, 0.2) is 5.11 Å². The van der Waals surface area contributed by atoms with E-state index in [4.69, 9.17) is 12.2 Å². The predicted molar refractivity (Wildman–Crippen MR) is 143 cm³/mol. The number of hydrogen-bond acceptors (Lipinski definition) is 4. The van der Waals surface area contributed by atoms with Gasteiger partial charge in [-0.2, -0.15) is 9.41 Å². The van der Waals surface area contributed by atoms with Gasteiger partial charge in [0.05, 0.1) is 11.1 Å². The van der Waals surface area contributed by atoms with Gasteiger partial charge in [0.2, 0.25) is 10.0 Å². The Morgan fingerprint density at radius 3 is 2.47 bits per heavy atom. The van der Waals surface area contributed by atoms with E-state index in [0.29, 0.717) is 29.0 Å². The number of fused-ring (bicyclic) bond motifs is 1. The number of nitrogens with zero attached hydrogens (tertiary/aromatic N) is 3. The first-order valence-electron chi connectivity index (χ1n) is 11.5. The van der Waals surface area contributed by atoms with Crippen LogP contribution < -0.4 is 10.7 Å². The topological polar surface area (TPSA) is 78.7 Å². The molecular weight excluding hydrogens is 466 g/mol. The van der Waals surface area contributed by atoms with Crippen LogP contribution in [0.2, 0.25) is 0 Å². The summed E-state index contributed by atoms with van der Waals surface area (Å²) in [4.78, 5) is 0.317. The minimum absolute atomic E-state index is 0.317. The van der Waals surface area contributed by atoms with Gasteiger partial charge in [0.1, 0.15) is 0 Å². The van der Waals surface area contributed by atoms with E-state index in [1.165, 1.54) is 5.56 Å². The zero-order valence-corrected chi connectivity index (χ0v) is 21.4. The van der Waals surface area contributed by atoms with E-state index in [9.17, 15) is 8.42 Å². The number of hydrogen-bond donors (Lipinski definition) is 2. The molecule has 0 unspecified atom stereocenters. The maximum absolute atomic E-state index is 13.1. The molecule has 2 aromatic carbocycles. The van der Waals surface area contributed by atoms with Crippen LogP contribution in [-0.4, -0.2) is 41.7 Å². The Morgan fingerprint density at radius 2 is 1.79 bits per heavy atom. The van der Waals surface area contributed by atoms with Gasteiger partial charge in [-0.1, -0.05) is 32.4 Å². The lowest BCUT2D eigenvalue weighted by molar-refractivity contribution is 0.346. The average Bonchev–Trinajstić information content (AvgIpc) is 3.15. The van der Waals surface area contributed by atoms with Crippen LogP contribution in [0.1, 0.15) is 50.2 Å². The summed E-state index contributed by atoms with van der Waals surface area (Å²) in [5, 5.41) is 8.60. The highest BCUT2D eigenvalue weighted by atomic mass is 32.2. The molecule has 2 heterocycles. The molecule has 180 valence electrons. The molecule has 4 rings (SSSR count). The summed E-state index contributed by atoms with van der Waals surface area (Å²) in [5.41, 5.74) is 6.73. The molecule has 1 aliphatic heterocycles. The largest absolute Gasteiger partial charge is 0.350 e. The maximum Gasteiger partial charge on any atom is 0.243 e. The number of sulfonamides is 1. The second-order valence-corrected chi connectivity index (χ2v) is 11.3. The molecule has 9 heteroatoms. The van der Waals surface area contributed by atoms with E-state index in [1.807, 2.05) is 36.0 Å². The number of rotatable bonds is 6. The van der Waals surface area contributed by atoms with E-state index in [2.05, 4.69) is 41.8 Å². The first kappa shape index (κ1) is 24.4. The molecule has 1 saturated heterocycles. The van der Waals surface area contributed by atoms with Gasteiger partial charge >= 0.3 is 0 Å². The summed E-state index contributed by atoms with van der Waals surface area (Å²) in [6.07, 6.45) is 6.49. The monoisotopic (exact) mass is 497 g/mol. The Balaban J connectivity index is 1.49. The van der Waals surface area contributed by atoms with Crippen LogP contribution in [0, 0.1) is 0 Å². The summed E-state index contributed by atoms with van der Waals surface area (Å²) in [7, 11) is -1.58. The number of anilines is 1. The van der Waals surface area contributed by atoms with Crippen LogP contribution in [0.25, 0.3) is 10.9 Å². The standard InChI is InChI=1S/C25H31N5O2S2/c1-18(2)19-7-9-21(10-8-19)27-25(33)28-26-16-20-17-29(3)24-12-11-22(15-23(20)24)34(31,32)30-13-5-4-6-14-30/h7-12,15-18H,4-6,13-14H2,1-3H3,(H2,27,28,33). The third kappa shape index (κ3) is 5.32. The number of aromatic nitrogens is 1. The molecule has 1 aromatic heterocycles. The Bertz CT molecular complexity index is 1310. The summed E-state index contributed by atoms with van der Waals surface area (Å²) >= 11 is 5.35. The van der Waals surface area contributed by atoms with Crippen molar-refractivity contribution < 1.29 is 8.42 Å². The fraction of sp³-hybridized carbons (Fsp3) is 0.360. The van der Waals surface area contributed by atoms with E-state index < -0.39 is 10.0 Å². The highest BCUT2D eigenvalue weighted by Gasteiger charge is 2.26. The molecular formula is C25H31N5O2S2. The number of hydrazone groups is 1. The lowest BCUT2D eigenvalue weighted by Crippen LogP contribution is -2.35. The van der Waals surface area contributed by atoms with Crippen molar-refractivity contribution in [3.63, 3.8) is 0 Å². The van der Waals surface area contributed by atoms with Gasteiger partial charge in [-0.15, -0.1) is 0 Å². The minimum atomic E-state index is -3.50. The van der Waals surface area contributed by atoms with Crippen molar-refractivity contribution in [2.75, 3.05) is 18.4 Å². The van der Waals surface area contributed by atoms with E-state index in [1.54, 1.807) is 22.7 Å². The van der Waals surface area contributed by atoms with E-state index >= 15 is 0 Å². The molecule has 0 amide bonds. The van der Waals surface area contributed by atoms with Gasteiger partial charge < -0.3 is 9.88 Å². The highest BCUT2D eigenvalue weighted by molar-refractivity contribution is 7.89. The third-order valence-corrected chi connectivity index (χ3v) is 8.24. The van der Waals surface area contributed by atoms with Gasteiger partial charge in [-0.05, 0) is 66.9 Å². The molecule has 34 heavy (non-hydrogen) atoms. The van der Waals surface area contributed by atoms with E-state index in [-0.39, 0.29) is 0 Å². The average molecular weight is 498 g/mol. The second kappa shape index (κ2) is 10.2. The first-order valence-corrected chi connectivity index (χ1v) is 13.4. The number of aryl methyl sites for hydroxylation is 1. The Kier molecular flexibility index (Phi) is 7.35. The zero-order valence-electron chi connectivity index (χ0n) is 19.8. The van der Waals surface area contributed by atoms with E-state index in [0.717, 1.165) is 41.4 Å². The van der Waals surface area contributed by atoms with Crippen LogP contribution in [0.3, 0.4) is 0 Å². The van der Waals surface area contributed by atoms with Crippen molar-refractivity contribution in [3.05, 3.63) is 59.8 Å². The lowest BCUT2D eigenvalue weighted by Gasteiger charge is -2.25. The van der Waals surface area contributed by atoms with Crippen LogP contribution >= 0.6 is 12.2 Å². The molecule has 0 radical (unpaired) electrons. The SMILES string of the molecule is CC(C)c1ccc(NC(=S)NN=Cc2cn(C)c3ccc(S(=O)(=O)N4CCCCC4)cc23)cc1. The fourth-order valence-corrected chi connectivity index (χ4v) is 5.90. The molecule has 7 nitrogen and oxygen atoms in total. The van der Waals surface area contributed by atoms with Crippen molar-refractivity contribution >= 4 is 50.2 Å². The Morgan fingerprint density at radius 1 is 1.09 bits per heavy atom. The van der Waals surface area contributed by atoms with Gasteiger partial charge in [-0.3, -0.25) is 5.43 Å². The first-order chi connectivity index (χ1) is 16.3. The summed E-state index contributed by atoms with van der Waals surface area (Å²) in [5.74, 6) is 0.472. The van der Waals surface area contributed by atoms with Crippen molar-refractivity contribution in [2.24, 2.45) is 12.1 Å². The van der Waals surface area contributed by atoms with Crippen molar-refractivity contribution in [3.8, 4) is 0 Å². The number of benzene rings is 2. The molecule has 2 N–H and O–H groups in total. The maximum atomic E-state index is 13.1. The van der Waals surface area contributed by atoms with Crippen LogP contribution in [0.15, 0.2) is 58.7 Å². The quantitative estimate of drug-likeness (QED) is 0.291. The third-order valence-electron chi connectivity index (χ3n) is 6.15. The number of thiocarbonyl (C=S) groups is 1. The Labute approximate surface area is 206 Å². The van der Waals surface area contributed by atoms with Crippen LogP contribution in [0.5, 0.6) is 0 Å². The van der Waals surface area contributed by atoms with Crippen LogP contribution in [-0.2, 0) is 17.1 Å². The molecule has 0 bridgehead atoms. The fourth-order valence-electron chi connectivity index (χ4n) is 4.19. The van der Waals surface area contributed by atoms with Crippen molar-refractivity contribution in [1.29, 1.82) is 0 Å². The van der Waals surface area contributed by atoms with Gasteiger partial charge in [-0.25, -0.2) is 8.42 Å². The Hall–Kier alpha value is -2.75. The minimum Gasteiger partial charge on any atom is -0.350 e. The smallest absolute Gasteiger partial charge is 0.243 e. The van der Waals surface area contributed by atoms with Gasteiger partial charge in [0, 0.05) is 48.5 Å². The molecule has 0 saturated carbocycles. The van der Waals surface area contributed by atoms with Crippen molar-refractivity contribution in [2.45, 2.75) is 43.9 Å². The summed E-state index contributed by atoms with van der Waals surface area (Å²) in [6, 6.07) is 13.4.